The fourth-order valence-electron chi connectivity index (χ4n) is 3.07. The van der Waals surface area contributed by atoms with Crippen molar-refractivity contribution in [2.24, 2.45) is 4.99 Å². The molecule has 166 valence electrons. The predicted octanol–water partition coefficient (Wildman–Crippen LogP) is 6.20. The summed E-state index contributed by atoms with van der Waals surface area (Å²) in [5.41, 5.74) is 0.368. The van der Waals surface area contributed by atoms with Gasteiger partial charge in [-0.2, -0.15) is 22.5 Å². The van der Waals surface area contributed by atoms with Crippen LogP contribution in [0.5, 0.6) is 11.5 Å². The first-order valence-electron chi connectivity index (χ1n) is 9.27. The van der Waals surface area contributed by atoms with E-state index in [1.165, 1.54) is 21.1 Å². The third-order valence-electron chi connectivity index (χ3n) is 4.50. The average Bonchev–Trinajstić information content (AvgIpc) is 3.37. The van der Waals surface area contributed by atoms with Crippen molar-refractivity contribution in [1.82, 2.24) is 9.36 Å². The molecule has 32 heavy (non-hydrogen) atoms. The molecule has 0 aliphatic heterocycles. The Kier molecular flexibility index (Phi) is 5.74. The minimum atomic E-state index is -4.67. The van der Waals surface area contributed by atoms with E-state index in [-0.39, 0.29) is 22.3 Å². The molecule has 0 unspecified atom stereocenters. The number of alkyl halides is 3. The van der Waals surface area contributed by atoms with Gasteiger partial charge in [0.15, 0.2) is 22.8 Å². The summed E-state index contributed by atoms with van der Waals surface area (Å²) in [6.07, 6.45) is -4.67. The largest absolute Gasteiger partial charge is 0.493 e. The molecule has 0 atom stereocenters. The van der Waals surface area contributed by atoms with Gasteiger partial charge in [-0.05, 0) is 42.7 Å². The zero-order chi connectivity index (χ0) is 22.9. The number of ether oxygens (including phenoxy) is 2. The van der Waals surface area contributed by atoms with Crippen LogP contribution in [0.4, 0.5) is 29.9 Å². The number of aromatic nitrogens is 2. The molecule has 0 saturated carbocycles. The van der Waals surface area contributed by atoms with Crippen molar-refractivity contribution in [2.75, 3.05) is 19.5 Å². The number of benzene rings is 2. The molecule has 0 amide bonds. The highest BCUT2D eigenvalue weighted by Crippen LogP contribution is 2.39. The monoisotopic (exact) mass is 462 g/mol. The maximum absolute atomic E-state index is 13.7. The summed E-state index contributed by atoms with van der Waals surface area (Å²) in [7, 11) is 2.95. The molecule has 0 saturated heterocycles. The van der Waals surface area contributed by atoms with E-state index in [1.807, 2.05) is 0 Å². The number of nitrogens with zero attached hydrogens (tertiary/aromatic N) is 3. The van der Waals surface area contributed by atoms with Crippen molar-refractivity contribution in [3.63, 3.8) is 0 Å². The minimum Gasteiger partial charge on any atom is -0.493 e. The molecule has 0 bridgehead atoms. The van der Waals surface area contributed by atoms with Crippen LogP contribution in [0.3, 0.4) is 0 Å². The first-order chi connectivity index (χ1) is 15.3. The maximum atomic E-state index is 13.7. The van der Waals surface area contributed by atoms with Crippen LogP contribution in [0.1, 0.15) is 18.2 Å². The Morgan fingerprint density at radius 2 is 1.84 bits per heavy atom. The van der Waals surface area contributed by atoms with Crippen molar-refractivity contribution in [1.29, 1.82) is 0 Å². The second kappa shape index (κ2) is 8.50. The van der Waals surface area contributed by atoms with E-state index >= 15 is 0 Å². The minimum absolute atomic E-state index is 0.0590. The lowest BCUT2D eigenvalue weighted by Gasteiger charge is -2.10. The van der Waals surface area contributed by atoms with E-state index < -0.39 is 11.9 Å². The molecule has 11 heteroatoms. The Labute approximate surface area is 184 Å². The molecule has 2 heterocycles. The summed E-state index contributed by atoms with van der Waals surface area (Å²) >= 11 is 0.654. The van der Waals surface area contributed by atoms with E-state index in [9.17, 15) is 13.2 Å². The van der Waals surface area contributed by atoms with Crippen LogP contribution in [-0.2, 0) is 6.18 Å². The number of oxazole rings is 1. The molecule has 4 rings (SSSR count). The number of halogens is 3. The van der Waals surface area contributed by atoms with E-state index in [1.54, 1.807) is 42.5 Å². The molecule has 2 aromatic carbocycles. The van der Waals surface area contributed by atoms with Crippen molar-refractivity contribution in [3.05, 3.63) is 53.7 Å². The van der Waals surface area contributed by atoms with E-state index in [4.69, 9.17) is 13.9 Å². The molecule has 0 radical (unpaired) electrons. The van der Waals surface area contributed by atoms with Crippen molar-refractivity contribution in [3.8, 4) is 11.5 Å². The topological polar surface area (TPSA) is 81.8 Å². The Bertz CT molecular complexity index is 1260. The molecular weight excluding hydrogens is 445 g/mol. The standard InChI is InChI=1S/C21H17F3N4O3S/c1-11(25-12-8-9-15(29-2)16(10-12)30-3)17-18(21(22,23)24)28-32-19(17)27-20-26-13-6-4-5-7-14(13)31-20/h4-10H,1-3H3,(H,26,27). The van der Waals surface area contributed by atoms with Gasteiger partial charge in [-0.15, -0.1) is 0 Å². The van der Waals surface area contributed by atoms with Gasteiger partial charge in [0.25, 0.3) is 0 Å². The van der Waals surface area contributed by atoms with Gasteiger partial charge in [0.1, 0.15) is 10.5 Å². The molecule has 4 aromatic rings. The summed E-state index contributed by atoms with van der Waals surface area (Å²) < 4.78 is 60.6. The number of methoxy groups -OCH3 is 2. The lowest BCUT2D eigenvalue weighted by atomic mass is 10.1. The first kappa shape index (κ1) is 21.6. The van der Waals surface area contributed by atoms with Crippen LogP contribution in [0, 0.1) is 0 Å². The molecule has 1 N–H and O–H groups in total. The molecule has 0 aliphatic rings. The van der Waals surface area contributed by atoms with Crippen LogP contribution >= 0.6 is 11.5 Å². The maximum Gasteiger partial charge on any atom is 0.435 e. The second-order valence-corrected chi connectivity index (χ2v) is 7.35. The zero-order valence-corrected chi connectivity index (χ0v) is 18.0. The fraction of sp³-hybridized carbons (Fsp3) is 0.190. The SMILES string of the molecule is COc1ccc(N=C(C)c2c(C(F)(F)F)nsc2Nc2nc3ccccc3o2)cc1OC. The third-order valence-corrected chi connectivity index (χ3v) is 5.26. The highest BCUT2D eigenvalue weighted by molar-refractivity contribution is 7.10. The lowest BCUT2D eigenvalue weighted by molar-refractivity contribution is -0.140. The third kappa shape index (κ3) is 4.24. The Balaban J connectivity index is 1.76. The number of rotatable bonds is 6. The van der Waals surface area contributed by atoms with Crippen molar-refractivity contribution < 1.29 is 27.1 Å². The summed E-state index contributed by atoms with van der Waals surface area (Å²) in [5, 5.41) is 2.93. The van der Waals surface area contributed by atoms with Crippen molar-refractivity contribution >= 4 is 45.0 Å². The van der Waals surface area contributed by atoms with Gasteiger partial charge >= 0.3 is 12.2 Å². The average molecular weight is 462 g/mol. The van der Waals surface area contributed by atoms with Crippen LogP contribution in [0.25, 0.3) is 11.1 Å². The highest BCUT2D eigenvalue weighted by Gasteiger charge is 2.39. The van der Waals surface area contributed by atoms with Gasteiger partial charge in [0.05, 0.1) is 31.2 Å². The van der Waals surface area contributed by atoms with Crippen LogP contribution in [0.2, 0.25) is 0 Å². The summed E-state index contributed by atoms with van der Waals surface area (Å²) in [6, 6.07) is 11.9. The van der Waals surface area contributed by atoms with Gasteiger partial charge in [-0.3, -0.25) is 10.3 Å². The van der Waals surface area contributed by atoms with Gasteiger partial charge < -0.3 is 13.9 Å². The number of fused-ring (bicyclic) bond motifs is 1. The predicted molar refractivity (Wildman–Crippen MR) is 116 cm³/mol. The summed E-state index contributed by atoms with van der Waals surface area (Å²) in [5.74, 6) is 0.890. The molecular formula is C21H17F3N4O3S. The smallest absolute Gasteiger partial charge is 0.435 e. The first-order valence-corrected chi connectivity index (χ1v) is 10.0. The normalized spacial score (nSPS) is 12.2. The molecule has 0 spiro atoms. The number of aliphatic imine (C=N–C) groups is 1. The van der Waals surface area contributed by atoms with Crippen molar-refractivity contribution in [2.45, 2.75) is 13.1 Å². The molecule has 0 aliphatic carbocycles. The number of hydrogen-bond acceptors (Lipinski definition) is 8. The number of para-hydroxylation sites is 2. The van der Waals surface area contributed by atoms with Crippen LogP contribution in [0.15, 0.2) is 51.9 Å². The van der Waals surface area contributed by atoms with Crippen LogP contribution in [-0.4, -0.2) is 29.3 Å². The summed E-state index contributed by atoms with van der Waals surface area (Å²) in [4.78, 5) is 8.62. The molecule has 0 fully saturated rings. The Hall–Kier alpha value is -3.60. The second-order valence-electron chi connectivity index (χ2n) is 6.58. The van der Waals surface area contributed by atoms with Gasteiger partial charge in [0, 0.05) is 6.07 Å². The Morgan fingerprint density at radius 1 is 1.09 bits per heavy atom. The zero-order valence-electron chi connectivity index (χ0n) is 17.1. The number of hydrogen-bond donors (Lipinski definition) is 1. The molecule has 2 aromatic heterocycles. The highest BCUT2D eigenvalue weighted by atomic mass is 32.1. The van der Waals surface area contributed by atoms with Gasteiger partial charge in [-0.1, -0.05) is 12.1 Å². The summed E-state index contributed by atoms with van der Waals surface area (Å²) in [6.45, 7) is 1.48. The van der Waals surface area contributed by atoms with E-state index in [0.29, 0.717) is 39.8 Å². The quantitative estimate of drug-likeness (QED) is 0.343. The van der Waals surface area contributed by atoms with Gasteiger partial charge in [-0.25, -0.2) is 0 Å². The number of nitrogens with one attached hydrogen (secondary N) is 1. The Morgan fingerprint density at radius 3 is 2.53 bits per heavy atom. The number of anilines is 2. The molecule has 7 nitrogen and oxygen atoms in total. The van der Waals surface area contributed by atoms with Gasteiger partial charge in [0.2, 0.25) is 0 Å². The lowest BCUT2D eigenvalue weighted by Crippen LogP contribution is -2.12. The fourth-order valence-corrected chi connectivity index (χ4v) is 3.92. The van der Waals surface area contributed by atoms with E-state index in [0.717, 1.165) is 0 Å². The van der Waals surface area contributed by atoms with E-state index in [2.05, 4.69) is 19.7 Å². The van der Waals surface area contributed by atoms with Crippen LogP contribution < -0.4 is 14.8 Å².